The molecule has 0 aliphatic rings. The summed E-state index contributed by atoms with van der Waals surface area (Å²) in [4.78, 5) is 23.8. The lowest BCUT2D eigenvalue weighted by Crippen LogP contribution is -2.05. The number of phenols is 1. The summed E-state index contributed by atoms with van der Waals surface area (Å²) < 4.78 is 10.3. The van der Waals surface area contributed by atoms with Gasteiger partial charge in [0.2, 0.25) is 0 Å². The van der Waals surface area contributed by atoms with Gasteiger partial charge in [0.05, 0.1) is 18.1 Å². The smallest absolute Gasteiger partial charge is 0.337 e. The number of hydrogen-bond donors (Lipinski definition) is 1. The molecule has 5 heteroatoms. The number of carbonyl (C=O) groups excluding carboxylic acids is 1. The van der Waals surface area contributed by atoms with Gasteiger partial charge in [0.25, 0.3) is 0 Å². The molecule has 0 saturated heterocycles. The quantitative estimate of drug-likeness (QED) is 0.747. The van der Waals surface area contributed by atoms with Crippen LogP contribution < -0.4 is 5.43 Å². The Labute approximate surface area is 137 Å². The van der Waals surface area contributed by atoms with Crippen LogP contribution in [0.3, 0.4) is 0 Å². The predicted molar refractivity (Wildman–Crippen MR) is 90.9 cm³/mol. The molecule has 5 nitrogen and oxygen atoms in total. The molecule has 0 bridgehead atoms. The molecule has 2 aromatic carbocycles. The first-order valence-corrected chi connectivity index (χ1v) is 7.21. The number of aromatic hydroxyl groups is 1. The number of ether oxygens (including phenoxy) is 1. The van der Waals surface area contributed by atoms with Crippen molar-refractivity contribution in [2.45, 2.75) is 0 Å². The summed E-state index contributed by atoms with van der Waals surface area (Å²) in [6.45, 7) is 0. The standard InChI is InChI=1S/C19H14O5/c1-23-19(22)13-7-9-18-15(10-13)17(21)11-14(24-18)8-6-12-4-2-3-5-16(12)20/h2-11,20H,1H3. The van der Waals surface area contributed by atoms with Gasteiger partial charge < -0.3 is 14.3 Å². The van der Waals surface area contributed by atoms with Gasteiger partial charge in [-0.2, -0.15) is 0 Å². The van der Waals surface area contributed by atoms with E-state index < -0.39 is 5.97 Å². The van der Waals surface area contributed by atoms with E-state index in [1.54, 1.807) is 42.5 Å². The van der Waals surface area contributed by atoms with Crippen LogP contribution in [0.15, 0.2) is 57.7 Å². The second kappa shape index (κ2) is 6.42. The molecule has 0 atom stereocenters. The zero-order valence-electron chi connectivity index (χ0n) is 12.9. The third-order valence-corrected chi connectivity index (χ3v) is 3.53. The van der Waals surface area contributed by atoms with Gasteiger partial charge in [-0.3, -0.25) is 4.79 Å². The first-order chi connectivity index (χ1) is 11.6. The number of hydrogen-bond acceptors (Lipinski definition) is 5. The summed E-state index contributed by atoms with van der Waals surface area (Å²) in [7, 11) is 1.28. The zero-order valence-corrected chi connectivity index (χ0v) is 12.9. The van der Waals surface area contributed by atoms with Gasteiger partial charge in [-0.05, 0) is 36.4 Å². The lowest BCUT2D eigenvalue weighted by Gasteiger charge is -2.02. The Kier molecular flexibility index (Phi) is 4.16. The Bertz CT molecular complexity index is 998. The minimum absolute atomic E-state index is 0.139. The number of fused-ring (bicyclic) bond motifs is 1. The number of phenolic OH excluding ortho intramolecular Hbond substituents is 1. The summed E-state index contributed by atoms with van der Waals surface area (Å²) in [5.41, 5.74) is 1.00. The number of benzene rings is 2. The van der Waals surface area contributed by atoms with E-state index in [4.69, 9.17) is 4.42 Å². The number of methoxy groups -OCH3 is 1. The summed E-state index contributed by atoms with van der Waals surface area (Å²) in [6.07, 6.45) is 3.26. The van der Waals surface area contributed by atoms with Crippen molar-refractivity contribution in [1.82, 2.24) is 0 Å². The van der Waals surface area contributed by atoms with E-state index in [2.05, 4.69) is 4.74 Å². The first kappa shape index (κ1) is 15.6. The van der Waals surface area contributed by atoms with Gasteiger partial charge in [-0.1, -0.05) is 18.2 Å². The Morgan fingerprint density at radius 2 is 1.92 bits per heavy atom. The van der Waals surface area contributed by atoms with Crippen molar-refractivity contribution in [1.29, 1.82) is 0 Å². The van der Waals surface area contributed by atoms with Crippen LogP contribution >= 0.6 is 0 Å². The number of esters is 1. The summed E-state index contributed by atoms with van der Waals surface area (Å²) in [5, 5.41) is 10.0. The lowest BCUT2D eigenvalue weighted by atomic mass is 10.1. The molecule has 3 rings (SSSR count). The van der Waals surface area contributed by atoms with Crippen molar-refractivity contribution in [3.8, 4) is 5.75 Å². The highest BCUT2D eigenvalue weighted by molar-refractivity contribution is 5.94. The minimum Gasteiger partial charge on any atom is -0.507 e. The van der Waals surface area contributed by atoms with Gasteiger partial charge in [0.15, 0.2) is 5.43 Å². The molecule has 0 unspecified atom stereocenters. The Morgan fingerprint density at radius 3 is 2.67 bits per heavy atom. The molecule has 0 aliphatic carbocycles. The van der Waals surface area contributed by atoms with Crippen molar-refractivity contribution in [3.05, 3.63) is 75.6 Å². The van der Waals surface area contributed by atoms with Gasteiger partial charge in [-0.15, -0.1) is 0 Å². The summed E-state index contributed by atoms with van der Waals surface area (Å²) >= 11 is 0. The van der Waals surface area contributed by atoms with Crippen molar-refractivity contribution in [3.63, 3.8) is 0 Å². The lowest BCUT2D eigenvalue weighted by molar-refractivity contribution is 0.0601. The van der Waals surface area contributed by atoms with Crippen molar-refractivity contribution >= 4 is 29.1 Å². The van der Waals surface area contributed by atoms with Gasteiger partial charge in [0.1, 0.15) is 17.1 Å². The maximum atomic E-state index is 12.2. The van der Waals surface area contributed by atoms with Crippen LogP contribution in [0.5, 0.6) is 5.75 Å². The maximum absolute atomic E-state index is 12.2. The van der Waals surface area contributed by atoms with Crippen molar-refractivity contribution < 1.29 is 19.1 Å². The van der Waals surface area contributed by atoms with Crippen LogP contribution in [-0.4, -0.2) is 18.2 Å². The second-order valence-corrected chi connectivity index (χ2v) is 5.11. The zero-order chi connectivity index (χ0) is 17.1. The van der Waals surface area contributed by atoms with E-state index in [9.17, 15) is 14.7 Å². The summed E-state index contributed by atoms with van der Waals surface area (Å²) in [5.74, 6) is -0.0268. The molecule has 24 heavy (non-hydrogen) atoms. The SMILES string of the molecule is COC(=O)c1ccc2oc(C=Cc3ccccc3O)cc(=O)c2c1. The van der Waals surface area contributed by atoms with Crippen LogP contribution in [-0.2, 0) is 4.74 Å². The topological polar surface area (TPSA) is 76.7 Å². The van der Waals surface area contributed by atoms with E-state index in [0.717, 1.165) is 0 Å². The minimum atomic E-state index is -0.514. The molecule has 0 spiro atoms. The van der Waals surface area contributed by atoms with Gasteiger partial charge in [-0.25, -0.2) is 4.79 Å². The Balaban J connectivity index is 2.01. The average Bonchev–Trinajstić information content (AvgIpc) is 2.60. The number of carbonyl (C=O) groups is 1. The highest BCUT2D eigenvalue weighted by Gasteiger charge is 2.09. The first-order valence-electron chi connectivity index (χ1n) is 7.21. The van der Waals surface area contributed by atoms with E-state index in [1.165, 1.54) is 25.3 Å². The van der Waals surface area contributed by atoms with E-state index in [1.807, 2.05) is 0 Å². The average molecular weight is 322 g/mol. The van der Waals surface area contributed by atoms with Crippen LogP contribution in [0.4, 0.5) is 0 Å². The third kappa shape index (κ3) is 3.05. The largest absolute Gasteiger partial charge is 0.507 e. The number of rotatable bonds is 3. The van der Waals surface area contributed by atoms with Crippen LogP contribution in [0.2, 0.25) is 0 Å². The molecule has 1 aromatic heterocycles. The Morgan fingerprint density at radius 1 is 1.12 bits per heavy atom. The molecular weight excluding hydrogens is 308 g/mol. The molecule has 0 amide bonds. The van der Waals surface area contributed by atoms with Crippen LogP contribution in [0, 0.1) is 0 Å². The molecular formula is C19H14O5. The molecule has 0 radical (unpaired) electrons. The maximum Gasteiger partial charge on any atom is 0.337 e. The van der Waals surface area contributed by atoms with Crippen LogP contribution in [0.25, 0.3) is 23.1 Å². The molecule has 0 aliphatic heterocycles. The highest BCUT2D eigenvalue weighted by Crippen LogP contribution is 2.20. The predicted octanol–water partition coefficient (Wildman–Crippen LogP) is 3.46. The van der Waals surface area contributed by atoms with Gasteiger partial charge >= 0.3 is 5.97 Å². The van der Waals surface area contributed by atoms with E-state index >= 15 is 0 Å². The monoisotopic (exact) mass is 322 g/mol. The fourth-order valence-electron chi connectivity index (χ4n) is 2.30. The Hall–Kier alpha value is -3.34. The highest BCUT2D eigenvalue weighted by atomic mass is 16.5. The molecule has 1 N–H and O–H groups in total. The molecule has 3 aromatic rings. The number of para-hydroxylation sites is 1. The fraction of sp³-hybridized carbons (Fsp3) is 0.0526. The fourth-order valence-corrected chi connectivity index (χ4v) is 2.30. The molecule has 0 saturated carbocycles. The van der Waals surface area contributed by atoms with E-state index in [-0.39, 0.29) is 16.7 Å². The van der Waals surface area contributed by atoms with Gasteiger partial charge in [0, 0.05) is 11.6 Å². The summed E-state index contributed by atoms with van der Waals surface area (Å²) in [6, 6.07) is 12.7. The molecule has 120 valence electrons. The molecule has 0 fully saturated rings. The van der Waals surface area contributed by atoms with Crippen molar-refractivity contribution in [2.24, 2.45) is 0 Å². The normalized spacial score (nSPS) is 11.0. The van der Waals surface area contributed by atoms with Crippen LogP contribution in [0.1, 0.15) is 21.7 Å². The molecule has 1 heterocycles. The van der Waals surface area contributed by atoms with E-state index in [0.29, 0.717) is 22.3 Å². The van der Waals surface area contributed by atoms with Crippen molar-refractivity contribution in [2.75, 3.05) is 7.11 Å². The second-order valence-electron chi connectivity index (χ2n) is 5.11. The third-order valence-electron chi connectivity index (χ3n) is 3.53.